The number of likely N-dealkylation sites (N-methyl/N-ethyl adjacent to an activating group) is 1. The molecule has 0 aromatic carbocycles. The number of nitrogens with one attached hydrogen (secondary N) is 3. The van der Waals surface area contributed by atoms with Gasteiger partial charge in [0.25, 0.3) is 0 Å². The molecule has 0 aliphatic carbocycles. The van der Waals surface area contributed by atoms with Gasteiger partial charge in [-0.05, 0) is 7.05 Å². The van der Waals surface area contributed by atoms with Crippen LogP contribution in [0.3, 0.4) is 0 Å². The fourth-order valence-electron chi connectivity index (χ4n) is 1.21. The minimum absolute atomic E-state index is 0.000624. The van der Waals surface area contributed by atoms with Crippen LogP contribution in [-0.4, -0.2) is 71.7 Å². The molecule has 0 rings (SSSR count). The van der Waals surface area contributed by atoms with Crippen LogP contribution in [-0.2, 0) is 14.3 Å². The summed E-state index contributed by atoms with van der Waals surface area (Å²) in [4.78, 5) is 10.5. The SMILES string of the molecule is CC.CNCCOCCNCCOCC(F)CNC(C)=O. The Bertz CT molecular complexity index is 222. The van der Waals surface area contributed by atoms with E-state index in [-0.39, 0.29) is 19.1 Å². The topological polar surface area (TPSA) is 71.6 Å². The van der Waals surface area contributed by atoms with Gasteiger partial charge in [-0.3, -0.25) is 4.79 Å². The number of amides is 1. The van der Waals surface area contributed by atoms with Crippen molar-refractivity contribution in [2.75, 3.05) is 59.7 Å². The van der Waals surface area contributed by atoms with Crippen LogP contribution in [0.25, 0.3) is 0 Å². The number of hydrogen-bond donors (Lipinski definition) is 3. The minimum atomic E-state index is -1.16. The van der Waals surface area contributed by atoms with Crippen molar-refractivity contribution in [3.05, 3.63) is 0 Å². The van der Waals surface area contributed by atoms with Crippen molar-refractivity contribution < 1.29 is 18.7 Å². The molecule has 0 heterocycles. The van der Waals surface area contributed by atoms with Gasteiger partial charge in [0.2, 0.25) is 5.91 Å². The number of alkyl halides is 1. The summed E-state index contributed by atoms with van der Waals surface area (Å²) in [6, 6.07) is 0. The Labute approximate surface area is 128 Å². The Morgan fingerprint density at radius 3 is 2.24 bits per heavy atom. The van der Waals surface area contributed by atoms with Crippen molar-refractivity contribution >= 4 is 5.91 Å². The third-order valence-corrected chi connectivity index (χ3v) is 2.21. The lowest BCUT2D eigenvalue weighted by atomic mass is 10.4. The maximum atomic E-state index is 13.1. The predicted molar refractivity (Wildman–Crippen MR) is 83.4 cm³/mol. The second-order valence-corrected chi connectivity index (χ2v) is 4.08. The zero-order valence-corrected chi connectivity index (χ0v) is 13.8. The van der Waals surface area contributed by atoms with Crippen LogP contribution in [0.1, 0.15) is 20.8 Å². The average molecular weight is 309 g/mol. The summed E-state index contributed by atoms with van der Waals surface area (Å²) < 4.78 is 23.6. The van der Waals surface area contributed by atoms with E-state index in [2.05, 4.69) is 16.0 Å². The third kappa shape index (κ3) is 21.7. The van der Waals surface area contributed by atoms with E-state index in [4.69, 9.17) is 9.47 Å². The number of ether oxygens (including phenoxy) is 2. The largest absolute Gasteiger partial charge is 0.379 e. The molecule has 21 heavy (non-hydrogen) atoms. The molecule has 3 N–H and O–H groups in total. The zero-order chi connectivity index (χ0) is 16.3. The molecule has 128 valence electrons. The maximum Gasteiger partial charge on any atom is 0.216 e. The van der Waals surface area contributed by atoms with E-state index in [1.54, 1.807) is 0 Å². The number of rotatable bonds is 13. The number of carbonyl (C=O) groups is 1. The Morgan fingerprint density at radius 1 is 1.10 bits per heavy atom. The molecule has 1 unspecified atom stereocenters. The smallest absolute Gasteiger partial charge is 0.216 e. The first-order valence-corrected chi connectivity index (χ1v) is 7.56. The third-order valence-electron chi connectivity index (χ3n) is 2.21. The fourth-order valence-corrected chi connectivity index (χ4v) is 1.21. The number of hydrogen-bond acceptors (Lipinski definition) is 5. The molecule has 0 spiro atoms. The van der Waals surface area contributed by atoms with Crippen LogP contribution in [0.15, 0.2) is 0 Å². The molecule has 0 saturated carbocycles. The highest BCUT2D eigenvalue weighted by molar-refractivity contribution is 5.72. The van der Waals surface area contributed by atoms with Gasteiger partial charge in [-0.1, -0.05) is 13.8 Å². The summed E-state index contributed by atoms with van der Waals surface area (Å²) in [5, 5.41) is 8.51. The van der Waals surface area contributed by atoms with Crippen molar-refractivity contribution in [1.29, 1.82) is 0 Å². The van der Waals surface area contributed by atoms with Crippen molar-refractivity contribution in [3.8, 4) is 0 Å². The maximum absolute atomic E-state index is 13.1. The standard InChI is InChI=1S/C12H26FN3O3.C2H6/c1-11(17)16-9-12(13)10-19-8-5-15-4-7-18-6-3-14-2;1-2/h12,14-15H,3-10H2,1-2H3,(H,16,17);1-2H3. The molecule has 0 aliphatic rings. The lowest BCUT2D eigenvalue weighted by Crippen LogP contribution is -2.31. The zero-order valence-electron chi connectivity index (χ0n) is 13.8. The molecule has 0 fully saturated rings. The van der Waals surface area contributed by atoms with Crippen molar-refractivity contribution in [2.24, 2.45) is 0 Å². The lowest BCUT2D eigenvalue weighted by Gasteiger charge is -2.10. The summed E-state index contributed by atoms with van der Waals surface area (Å²) in [6.07, 6.45) is -1.16. The van der Waals surface area contributed by atoms with Gasteiger partial charge >= 0.3 is 0 Å². The van der Waals surface area contributed by atoms with Gasteiger partial charge in [0.1, 0.15) is 6.17 Å². The quantitative estimate of drug-likeness (QED) is 0.428. The van der Waals surface area contributed by atoms with Gasteiger partial charge in [0.15, 0.2) is 0 Å². The Balaban J connectivity index is 0. The van der Waals surface area contributed by atoms with Crippen LogP contribution in [0.5, 0.6) is 0 Å². The molecule has 0 saturated heterocycles. The summed E-state index contributed by atoms with van der Waals surface area (Å²) >= 11 is 0. The van der Waals surface area contributed by atoms with Gasteiger partial charge in [0.05, 0.1) is 33.0 Å². The molecule has 0 aromatic rings. The number of halogens is 1. The Kier molecular flexibility index (Phi) is 20.6. The Morgan fingerprint density at radius 2 is 1.67 bits per heavy atom. The fraction of sp³-hybridized carbons (Fsp3) is 0.929. The first-order valence-electron chi connectivity index (χ1n) is 7.56. The molecule has 7 heteroatoms. The van der Waals surface area contributed by atoms with E-state index in [0.717, 1.165) is 13.1 Å². The Hall–Kier alpha value is -0.760. The van der Waals surface area contributed by atoms with Gasteiger partial charge in [0, 0.05) is 26.6 Å². The highest BCUT2D eigenvalue weighted by Gasteiger charge is 2.06. The molecule has 0 aromatic heterocycles. The van der Waals surface area contributed by atoms with E-state index in [1.165, 1.54) is 6.92 Å². The molecular weight excluding hydrogens is 277 g/mol. The molecule has 0 bridgehead atoms. The van der Waals surface area contributed by atoms with Crippen LogP contribution in [0.4, 0.5) is 4.39 Å². The van der Waals surface area contributed by atoms with E-state index < -0.39 is 6.17 Å². The first kappa shape index (κ1) is 22.5. The van der Waals surface area contributed by atoms with Crippen molar-refractivity contribution in [3.63, 3.8) is 0 Å². The average Bonchev–Trinajstić information content (AvgIpc) is 2.49. The normalized spacial score (nSPS) is 11.5. The van der Waals surface area contributed by atoms with Crippen LogP contribution in [0.2, 0.25) is 0 Å². The molecular formula is C14H32FN3O3. The first-order chi connectivity index (χ1) is 10.2. The molecule has 1 atom stereocenters. The summed E-state index contributed by atoms with van der Waals surface area (Å²) in [5.74, 6) is -0.234. The van der Waals surface area contributed by atoms with E-state index >= 15 is 0 Å². The van der Waals surface area contributed by atoms with Crippen LogP contribution >= 0.6 is 0 Å². The lowest BCUT2D eigenvalue weighted by molar-refractivity contribution is -0.119. The molecule has 1 amide bonds. The monoisotopic (exact) mass is 309 g/mol. The summed E-state index contributed by atoms with van der Waals surface area (Å²) in [7, 11) is 1.88. The second kappa shape index (κ2) is 19.2. The van der Waals surface area contributed by atoms with E-state index in [9.17, 15) is 9.18 Å². The summed E-state index contributed by atoms with van der Waals surface area (Å²) in [5.41, 5.74) is 0. The van der Waals surface area contributed by atoms with E-state index in [0.29, 0.717) is 26.4 Å². The molecule has 6 nitrogen and oxygen atoms in total. The molecule has 0 radical (unpaired) electrons. The van der Waals surface area contributed by atoms with Crippen LogP contribution < -0.4 is 16.0 Å². The second-order valence-electron chi connectivity index (χ2n) is 4.08. The van der Waals surface area contributed by atoms with Gasteiger partial charge in [-0.2, -0.15) is 0 Å². The van der Waals surface area contributed by atoms with Gasteiger partial charge in [-0.25, -0.2) is 4.39 Å². The highest BCUT2D eigenvalue weighted by Crippen LogP contribution is 1.90. The van der Waals surface area contributed by atoms with Crippen LogP contribution in [0, 0.1) is 0 Å². The highest BCUT2D eigenvalue weighted by atomic mass is 19.1. The van der Waals surface area contributed by atoms with Crippen molar-refractivity contribution in [2.45, 2.75) is 26.9 Å². The van der Waals surface area contributed by atoms with Gasteiger partial charge in [-0.15, -0.1) is 0 Å². The van der Waals surface area contributed by atoms with E-state index in [1.807, 2.05) is 20.9 Å². The summed E-state index contributed by atoms with van der Waals surface area (Å²) in [6.45, 7) is 9.39. The minimum Gasteiger partial charge on any atom is -0.379 e. The van der Waals surface area contributed by atoms with Crippen molar-refractivity contribution in [1.82, 2.24) is 16.0 Å². The number of carbonyl (C=O) groups excluding carboxylic acids is 1. The predicted octanol–water partition coefficient (Wildman–Crippen LogP) is 0.329. The molecule has 0 aliphatic heterocycles. The van der Waals surface area contributed by atoms with Gasteiger partial charge < -0.3 is 25.4 Å².